The Labute approximate surface area is 145 Å². The Balaban J connectivity index is 1.68. The van der Waals surface area contributed by atoms with Crippen molar-refractivity contribution in [2.45, 2.75) is 59.2 Å². The number of pyridine rings is 1. The van der Waals surface area contributed by atoms with Gasteiger partial charge in [0.15, 0.2) is 0 Å². The van der Waals surface area contributed by atoms with Gasteiger partial charge in [-0.1, -0.05) is 6.07 Å². The summed E-state index contributed by atoms with van der Waals surface area (Å²) >= 11 is 0. The van der Waals surface area contributed by atoms with E-state index >= 15 is 0 Å². The van der Waals surface area contributed by atoms with Gasteiger partial charge in [-0.05, 0) is 52.7 Å². The molecule has 0 aromatic carbocycles. The van der Waals surface area contributed by atoms with Crippen molar-refractivity contribution in [1.82, 2.24) is 20.1 Å². The van der Waals surface area contributed by atoms with Crippen LogP contribution in [0.3, 0.4) is 0 Å². The molecule has 5 nitrogen and oxygen atoms in total. The number of rotatable bonds is 5. The molecule has 1 aliphatic rings. The van der Waals surface area contributed by atoms with Crippen LogP contribution in [0.1, 0.15) is 50.6 Å². The molecule has 130 valence electrons. The first-order valence-electron chi connectivity index (χ1n) is 8.91. The number of nitrogens with one attached hydrogen (secondary N) is 1. The summed E-state index contributed by atoms with van der Waals surface area (Å²) in [4.78, 5) is 7.22. The van der Waals surface area contributed by atoms with Crippen molar-refractivity contribution < 1.29 is 0 Å². The molecule has 0 saturated carbocycles. The molecule has 3 heterocycles. The molecule has 3 rings (SSSR count). The molecule has 1 aliphatic heterocycles. The Morgan fingerprint density at radius 1 is 1.08 bits per heavy atom. The largest absolute Gasteiger partial charge is 0.356 e. The highest BCUT2D eigenvalue weighted by molar-refractivity contribution is 5.48. The Hall–Kier alpha value is -1.88. The molecule has 24 heavy (non-hydrogen) atoms. The van der Waals surface area contributed by atoms with Crippen LogP contribution in [0.5, 0.6) is 0 Å². The van der Waals surface area contributed by atoms with Gasteiger partial charge in [0.25, 0.3) is 0 Å². The molecule has 0 atom stereocenters. The van der Waals surface area contributed by atoms with Gasteiger partial charge in [-0.15, -0.1) is 0 Å². The fraction of sp³-hybridized carbons (Fsp3) is 0.579. The first-order valence-corrected chi connectivity index (χ1v) is 8.91. The molecule has 0 spiro atoms. The maximum atomic E-state index is 4.80. The second kappa shape index (κ2) is 6.93. The van der Waals surface area contributed by atoms with Crippen molar-refractivity contribution in [3.63, 3.8) is 0 Å². The Kier molecular flexibility index (Phi) is 4.90. The summed E-state index contributed by atoms with van der Waals surface area (Å²) in [6, 6.07) is 6.41. The third kappa shape index (κ3) is 3.78. The van der Waals surface area contributed by atoms with E-state index in [2.05, 4.69) is 65.9 Å². The molecule has 0 radical (unpaired) electrons. The van der Waals surface area contributed by atoms with E-state index in [0.717, 1.165) is 37.7 Å². The van der Waals surface area contributed by atoms with E-state index in [1.807, 2.05) is 6.20 Å². The van der Waals surface area contributed by atoms with Crippen molar-refractivity contribution >= 4 is 5.82 Å². The summed E-state index contributed by atoms with van der Waals surface area (Å²) in [6.07, 6.45) is 4.42. The van der Waals surface area contributed by atoms with E-state index in [0.29, 0.717) is 0 Å². The van der Waals surface area contributed by atoms with E-state index in [1.165, 1.54) is 24.1 Å². The average molecular weight is 327 g/mol. The fourth-order valence-electron chi connectivity index (χ4n) is 3.31. The normalized spacial score (nSPS) is 15.2. The first kappa shape index (κ1) is 17.0. The molecule has 0 amide bonds. The monoisotopic (exact) mass is 327 g/mol. The number of hydrogen-bond acceptors (Lipinski definition) is 4. The maximum absolute atomic E-state index is 4.80. The summed E-state index contributed by atoms with van der Waals surface area (Å²) in [6.45, 7) is 12.5. The summed E-state index contributed by atoms with van der Waals surface area (Å²) in [7, 11) is 0. The molecule has 2 aromatic rings. The zero-order valence-electron chi connectivity index (χ0n) is 15.3. The van der Waals surface area contributed by atoms with E-state index in [-0.39, 0.29) is 5.54 Å². The third-order valence-corrected chi connectivity index (χ3v) is 4.48. The highest BCUT2D eigenvalue weighted by atomic mass is 15.3. The smallest absolute Gasteiger partial charge is 0.133 e. The topological polar surface area (TPSA) is 46.0 Å². The van der Waals surface area contributed by atoms with Crippen LogP contribution < -0.4 is 10.2 Å². The predicted molar refractivity (Wildman–Crippen MR) is 98.2 cm³/mol. The van der Waals surface area contributed by atoms with Gasteiger partial charge < -0.3 is 10.2 Å². The maximum Gasteiger partial charge on any atom is 0.133 e. The lowest BCUT2D eigenvalue weighted by atomic mass is 10.1. The summed E-state index contributed by atoms with van der Waals surface area (Å²) in [5.41, 5.74) is 3.59. The van der Waals surface area contributed by atoms with Gasteiger partial charge in [-0.2, -0.15) is 5.10 Å². The molecular formula is C19H29N5. The number of hydrogen-bond donors (Lipinski definition) is 1. The molecule has 0 bridgehead atoms. The Morgan fingerprint density at radius 3 is 2.54 bits per heavy atom. The van der Waals surface area contributed by atoms with Gasteiger partial charge in [-0.3, -0.25) is 4.68 Å². The second-order valence-electron chi connectivity index (χ2n) is 7.64. The molecule has 2 aromatic heterocycles. The lowest BCUT2D eigenvalue weighted by Gasteiger charge is -2.23. The van der Waals surface area contributed by atoms with Crippen LogP contribution in [-0.4, -0.2) is 27.9 Å². The molecule has 0 aliphatic carbocycles. The summed E-state index contributed by atoms with van der Waals surface area (Å²) in [5, 5.41) is 8.03. The predicted octanol–water partition coefficient (Wildman–Crippen LogP) is 3.23. The van der Waals surface area contributed by atoms with Crippen molar-refractivity contribution in [3.05, 3.63) is 41.3 Å². The van der Waals surface area contributed by atoms with Crippen molar-refractivity contribution in [2.75, 3.05) is 18.0 Å². The van der Waals surface area contributed by atoms with Gasteiger partial charge in [-0.25, -0.2) is 4.98 Å². The number of aromatic nitrogens is 3. The highest BCUT2D eigenvalue weighted by Gasteiger charge is 2.19. The van der Waals surface area contributed by atoms with Gasteiger partial charge >= 0.3 is 0 Å². The highest BCUT2D eigenvalue weighted by Crippen LogP contribution is 2.23. The minimum atomic E-state index is 0.00659. The molecule has 5 heteroatoms. The van der Waals surface area contributed by atoms with Gasteiger partial charge in [0.2, 0.25) is 0 Å². The lowest BCUT2D eigenvalue weighted by Crippen LogP contribution is -2.28. The van der Waals surface area contributed by atoms with E-state index in [1.54, 1.807) is 0 Å². The fourth-order valence-corrected chi connectivity index (χ4v) is 3.31. The zero-order chi connectivity index (χ0) is 17.2. The van der Waals surface area contributed by atoms with E-state index < -0.39 is 0 Å². The van der Waals surface area contributed by atoms with Gasteiger partial charge in [0.05, 0.1) is 11.2 Å². The van der Waals surface area contributed by atoms with Crippen molar-refractivity contribution in [1.29, 1.82) is 0 Å². The van der Waals surface area contributed by atoms with Gasteiger partial charge in [0, 0.05) is 43.6 Å². The zero-order valence-corrected chi connectivity index (χ0v) is 15.3. The molecule has 1 fully saturated rings. The van der Waals surface area contributed by atoms with Crippen LogP contribution in [0.4, 0.5) is 5.82 Å². The van der Waals surface area contributed by atoms with Crippen LogP contribution in [0.15, 0.2) is 24.4 Å². The average Bonchev–Trinajstić information content (AvgIpc) is 3.18. The van der Waals surface area contributed by atoms with E-state index in [4.69, 9.17) is 4.98 Å². The lowest BCUT2D eigenvalue weighted by molar-refractivity contribution is 0.340. The minimum absolute atomic E-state index is 0.00659. The number of aryl methyl sites for hydroxylation is 1. The second-order valence-corrected chi connectivity index (χ2v) is 7.64. The third-order valence-electron chi connectivity index (χ3n) is 4.48. The van der Waals surface area contributed by atoms with Gasteiger partial charge in [0.1, 0.15) is 5.82 Å². The summed E-state index contributed by atoms with van der Waals surface area (Å²) in [5.74, 6) is 1.16. The molecular weight excluding hydrogens is 298 g/mol. The Morgan fingerprint density at radius 2 is 1.83 bits per heavy atom. The quantitative estimate of drug-likeness (QED) is 0.916. The van der Waals surface area contributed by atoms with Crippen LogP contribution >= 0.6 is 0 Å². The summed E-state index contributed by atoms with van der Waals surface area (Å²) < 4.78 is 2.09. The molecule has 0 unspecified atom stereocenters. The van der Waals surface area contributed by atoms with Crippen LogP contribution in [0.2, 0.25) is 0 Å². The van der Waals surface area contributed by atoms with Crippen molar-refractivity contribution in [2.24, 2.45) is 0 Å². The SMILES string of the molecule is Cc1ccc(CNCc2ccnn2C(C)(C)C)c(N2CCCC2)n1. The number of anilines is 1. The van der Waals surface area contributed by atoms with Crippen molar-refractivity contribution in [3.8, 4) is 0 Å². The standard InChI is InChI=1S/C19H29N5/c1-15-7-8-16(18(22-15)23-11-5-6-12-23)13-20-14-17-9-10-21-24(17)19(2,3)4/h7-10,20H,5-6,11-14H2,1-4H3. The number of nitrogens with zero attached hydrogens (tertiary/aromatic N) is 4. The van der Waals surface area contributed by atoms with E-state index in [9.17, 15) is 0 Å². The van der Waals surface area contributed by atoms with Crippen LogP contribution in [0.25, 0.3) is 0 Å². The molecule has 1 N–H and O–H groups in total. The minimum Gasteiger partial charge on any atom is -0.356 e. The Bertz CT molecular complexity index is 677. The van der Waals surface area contributed by atoms with Crippen LogP contribution in [0, 0.1) is 6.92 Å². The molecule has 1 saturated heterocycles. The first-order chi connectivity index (χ1) is 11.4. The van der Waals surface area contributed by atoms with Crippen LogP contribution in [-0.2, 0) is 18.6 Å².